The summed E-state index contributed by atoms with van der Waals surface area (Å²) in [7, 11) is 0. The highest BCUT2D eigenvalue weighted by Crippen LogP contribution is 2.47. The number of hydrogen-bond donors (Lipinski definition) is 0. The van der Waals surface area contributed by atoms with Gasteiger partial charge in [0.05, 0.1) is 38.8 Å². The molecule has 0 aliphatic carbocycles. The third-order valence-corrected chi connectivity index (χ3v) is 13.6. The lowest BCUT2D eigenvalue weighted by atomic mass is 9.93. The van der Waals surface area contributed by atoms with Crippen molar-refractivity contribution in [2.75, 3.05) is 0 Å². The van der Waals surface area contributed by atoms with E-state index in [9.17, 15) is 0 Å². The minimum atomic E-state index is 1.15. The van der Waals surface area contributed by atoms with Gasteiger partial charge in [-0.25, -0.2) is 0 Å². The van der Waals surface area contributed by atoms with Crippen molar-refractivity contribution in [1.82, 2.24) is 13.7 Å². The molecule has 0 atom stereocenters. The van der Waals surface area contributed by atoms with Gasteiger partial charge in [-0.2, -0.15) is 0 Å². The van der Waals surface area contributed by atoms with E-state index in [-0.39, 0.29) is 0 Å². The van der Waals surface area contributed by atoms with Crippen molar-refractivity contribution in [1.29, 1.82) is 0 Å². The number of aromatic nitrogens is 3. The summed E-state index contributed by atoms with van der Waals surface area (Å²) >= 11 is 0. The number of benzene rings is 10. The second-order valence-corrected chi connectivity index (χ2v) is 16.9. The van der Waals surface area contributed by atoms with Gasteiger partial charge in [-0.05, 0) is 118 Å². The number of hydrogen-bond acceptors (Lipinski definition) is 0. The topological polar surface area (TPSA) is 14.8 Å². The van der Waals surface area contributed by atoms with E-state index in [2.05, 4.69) is 238 Å². The minimum Gasteiger partial charge on any atom is -0.309 e. The third-order valence-electron chi connectivity index (χ3n) is 13.6. The van der Waals surface area contributed by atoms with Gasteiger partial charge in [-0.15, -0.1) is 0 Å². The van der Waals surface area contributed by atoms with Crippen molar-refractivity contribution in [3.63, 3.8) is 0 Å². The Labute approximate surface area is 363 Å². The first-order valence-corrected chi connectivity index (χ1v) is 21.8. The smallest absolute Gasteiger partial charge is 0.0619 e. The highest BCUT2D eigenvalue weighted by Gasteiger charge is 2.24. The third kappa shape index (κ3) is 4.90. The van der Waals surface area contributed by atoms with Gasteiger partial charge < -0.3 is 13.7 Å². The Hall–Kier alpha value is -8.40. The van der Waals surface area contributed by atoms with Crippen LogP contribution in [0.15, 0.2) is 224 Å². The van der Waals surface area contributed by atoms with Crippen LogP contribution in [0.4, 0.5) is 0 Å². The van der Waals surface area contributed by atoms with Gasteiger partial charge in [0.2, 0.25) is 0 Å². The fourth-order valence-electron chi connectivity index (χ4n) is 10.8. The Bertz CT molecular complexity index is 4010. The zero-order valence-corrected chi connectivity index (χ0v) is 34.2. The highest BCUT2D eigenvalue weighted by molar-refractivity contribution is 6.18. The minimum absolute atomic E-state index is 1.15. The molecule has 0 N–H and O–H groups in total. The molecule has 292 valence electrons. The van der Waals surface area contributed by atoms with Crippen LogP contribution in [0.3, 0.4) is 0 Å². The molecule has 0 amide bonds. The molecule has 14 rings (SSSR count). The fourth-order valence-corrected chi connectivity index (χ4v) is 10.8. The molecule has 0 unspecified atom stereocenters. The molecule has 4 heterocycles. The van der Waals surface area contributed by atoms with E-state index < -0.39 is 0 Å². The van der Waals surface area contributed by atoms with Crippen molar-refractivity contribution in [3.05, 3.63) is 224 Å². The standard InChI is InChI=1S/C60H37N3/c1-3-14-42(15-4-1)61-54-24-11-10-21-47(54)50-34-38(26-30-56(50)61)40-27-31-57-52(36-40)53-37-41(28-32-58(53)62(57)43-16-5-2-6-17-43)39-29-33-59-51(35-39)49-23-13-22-48-45-19-8-7-18-44(45)46-20-9-12-25-55(46)63(59)60(48)49/h1-37H. The van der Waals surface area contributed by atoms with E-state index in [1.165, 1.54) is 121 Å². The first-order valence-electron chi connectivity index (χ1n) is 21.8. The molecule has 10 aromatic carbocycles. The lowest BCUT2D eigenvalue weighted by Gasteiger charge is -2.12. The normalized spacial score (nSPS) is 12.1. The molecule has 0 saturated heterocycles. The SMILES string of the molecule is c1ccc(-n2c3ccccc3c3cc(-c4ccc5c(c4)c4cc(-c6ccc7c(c6)c6cccc8c6n7-c6ccccc6-c6ccccc6-8)ccc4n5-c4ccccc4)ccc32)cc1. The predicted molar refractivity (Wildman–Crippen MR) is 265 cm³/mol. The average molecular weight is 800 g/mol. The van der Waals surface area contributed by atoms with Crippen LogP contribution in [-0.2, 0) is 0 Å². The van der Waals surface area contributed by atoms with E-state index >= 15 is 0 Å². The number of rotatable bonds is 4. The summed E-state index contributed by atoms with van der Waals surface area (Å²) in [6.45, 7) is 0. The van der Waals surface area contributed by atoms with Gasteiger partial charge in [0.1, 0.15) is 0 Å². The van der Waals surface area contributed by atoms with Crippen molar-refractivity contribution in [2.24, 2.45) is 0 Å². The fraction of sp³-hybridized carbons (Fsp3) is 0. The van der Waals surface area contributed by atoms with Crippen LogP contribution in [0.5, 0.6) is 0 Å². The van der Waals surface area contributed by atoms with Crippen LogP contribution in [0.2, 0.25) is 0 Å². The Morgan fingerprint density at radius 2 is 0.603 bits per heavy atom. The highest BCUT2D eigenvalue weighted by atomic mass is 15.0. The van der Waals surface area contributed by atoms with Gasteiger partial charge in [-0.3, -0.25) is 0 Å². The van der Waals surface area contributed by atoms with Gasteiger partial charge in [0, 0.05) is 54.8 Å². The van der Waals surface area contributed by atoms with Crippen LogP contribution in [0, 0.1) is 0 Å². The zero-order chi connectivity index (χ0) is 41.2. The maximum absolute atomic E-state index is 2.49. The van der Waals surface area contributed by atoms with E-state index in [1.54, 1.807) is 0 Å². The second-order valence-electron chi connectivity index (χ2n) is 16.9. The van der Waals surface area contributed by atoms with Gasteiger partial charge >= 0.3 is 0 Å². The summed E-state index contributed by atoms with van der Waals surface area (Å²) in [6, 6.07) is 82.8. The summed E-state index contributed by atoms with van der Waals surface area (Å²) in [5, 5.41) is 7.51. The average Bonchev–Trinajstić information content (AvgIpc) is 3.96. The molecule has 63 heavy (non-hydrogen) atoms. The number of para-hydroxylation sites is 5. The number of fused-ring (bicyclic) bond motifs is 14. The van der Waals surface area contributed by atoms with Gasteiger partial charge in [0.25, 0.3) is 0 Å². The molecule has 0 radical (unpaired) electrons. The Kier molecular flexibility index (Phi) is 7.11. The maximum atomic E-state index is 2.49. The van der Waals surface area contributed by atoms with E-state index in [1.807, 2.05) is 0 Å². The number of nitrogens with zero attached hydrogens (tertiary/aromatic N) is 3. The molecule has 1 aliphatic rings. The lowest BCUT2D eigenvalue weighted by molar-refractivity contribution is 1.18. The molecule has 0 spiro atoms. The molecule has 3 aromatic heterocycles. The first kappa shape index (κ1) is 34.3. The van der Waals surface area contributed by atoms with E-state index in [0.717, 1.165) is 5.69 Å². The zero-order valence-electron chi connectivity index (χ0n) is 34.2. The lowest BCUT2D eigenvalue weighted by Crippen LogP contribution is -1.95. The monoisotopic (exact) mass is 799 g/mol. The largest absolute Gasteiger partial charge is 0.309 e. The van der Waals surface area contributed by atoms with Crippen LogP contribution in [0.25, 0.3) is 127 Å². The molecule has 0 bridgehead atoms. The van der Waals surface area contributed by atoms with Gasteiger partial charge in [-0.1, -0.05) is 140 Å². The summed E-state index contributed by atoms with van der Waals surface area (Å²) < 4.78 is 7.29. The molecular weight excluding hydrogens is 763 g/mol. The van der Waals surface area contributed by atoms with Crippen molar-refractivity contribution < 1.29 is 0 Å². The maximum Gasteiger partial charge on any atom is 0.0619 e. The van der Waals surface area contributed by atoms with E-state index in [0.29, 0.717) is 0 Å². The quantitative estimate of drug-likeness (QED) is 0.168. The van der Waals surface area contributed by atoms with Crippen LogP contribution in [0.1, 0.15) is 0 Å². The Morgan fingerprint density at radius 3 is 1.17 bits per heavy atom. The molecule has 3 nitrogen and oxygen atoms in total. The summed E-state index contributed by atoms with van der Waals surface area (Å²) in [4.78, 5) is 0. The summed E-state index contributed by atoms with van der Waals surface area (Å²) in [6.07, 6.45) is 0. The van der Waals surface area contributed by atoms with Crippen molar-refractivity contribution >= 4 is 65.4 Å². The van der Waals surface area contributed by atoms with Crippen LogP contribution in [-0.4, -0.2) is 13.7 Å². The van der Waals surface area contributed by atoms with Crippen LogP contribution < -0.4 is 0 Å². The first-order chi connectivity index (χ1) is 31.3. The van der Waals surface area contributed by atoms with Crippen LogP contribution >= 0.6 is 0 Å². The van der Waals surface area contributed by atoms with Gasteiger partial charge in [0.15, 0.2) is 0 Å². The van der Waals surface area contributed by atoms with Crippen molar-refractivity contribution in [3.8, 4) is 61.6 Å². The van der Waals surface area contributed by atoms with E-state index in [4.69, 9.17) is 0 Å². The Morgan fingerprint density at radius 1 is 0.222 bits per heavy atom. The predicted octanol–water partition coefficient (Wildman–Crippen LogP) is 16.0. The summed E-state index contributed by atoms with van der Waals surface area (Å²) in [5.74, 6) is 0. The Balaban J connectivity index is 0.967. The molecular formula is C60H37N3. The second kappa shape index (κ2) is 13.1. The molecule has 0 saturated carbocycles. The van der Waals surface area contributed by atoms with Crippen molar-refractivity contribution in [2.45, 2.75) is 0 Å². The molecule has 3 heteroatoms. The summed E-state index contributed by atoms with van der Waals surface area (Å²) in [5.41, 5.74) is 20.7. The molecule has 13 aromatic rings. The molecule has 1 aliphatic heterocycles. The molecule has 0 fully saturated rings.